The quantitative estimate of drug-likeness (QED) is 0.918. The Morgan fingerprint density at radius 2 is 1.94 bits per heavy atom. The first-order valence-electron chi connectivity index (χ1n) is 5.70. The average Bonchev–Trinajstić information content (AvgIpc) is 2.34. The third kappa shape index (κ3) is 3.57. The van der Waals surface area contributed by atoms with Gasteiger partial charge in [-0.15, -0.1) is 0 Å². The van der Waals surface area contributed by atoms with Crippen LogP contribution in [-0.2, 0) is 4.74 Å². The summed E-state index contributed by atoms with van der Waals surface area (Å²) in [5, 5.41) is 3.37. The van der Waals surface area contributed by atoms with E-state index in [4.69, 9.17) is 27.9 Å². The molecule has 5 heteroatoms. The van der Waals surface area contributed by atoms with E-state index in [1.165, 1.54) is 0 Å². The summed E-state index contributed by atoms with van der Waals surface area (Å²) >= 11 is 11.9. The zero-order valence-corrected chi connectivity index (χ0v) is 11.3. The Labute approximate surface area is 112 Å². The first-order valence-corrected chi connectivity index (χ1v) is 6.46. The van der Waals surface area contributed by atoms with Gasteiger partial charge in [-0.05, 0) is 24.6 Å². The number of halogens is 2. The molecule has 0 saturated carbocycles. The number of rotatable bonds is 3. The van der Waals surface area contributed by atoms with Crippen LogP contribution in [-0.4, -0.2) is 31.3 Å². The molecule has 0 amide bonds. The molecule has 1 unspecified atom stereocenters. The molecule has 1 aliphatic rings. The molecule has 1 N–H and O–H groups in total. The molecule has 0 bridgehead atoms. The van der Waals surface area contributed by atoms with Gasteiger partial charge < -0.3 is 4.74 Å². The molecule has 1 atom stereocenters. The van der Waals surface area contributed by atoms with Gasteiger partial charge in [0.2, 0.25) is 0 Å². The van der Waals surface area contributed by atoms with Gasteiger partial charge in [-0.1, -0.05) is 29.3 Å². The highest BCUT2D eigenvalue weighted by Crippen LogP contribution is 2.25. The molecule has 0 spiro atoms. The lowest BCUT2D eigenvalue weighted by molar-refractivity contribution is 0.00484. The van der Waals surface area contributed by atoms with Crippen LogP contribution in [0.3, 0.4) is 0 Å². The summed E-state index contributed by atoms with van der Waals surface area (Å²) < 4.78 is 5.30. The maximum absolute atomic E-state index is 6.01. The van der Waals surface area contributed by atoms with Gasteiger partial charge in [0, 0.05) is 19.1 Å². The Morgan fingerprint density at radius 3 is 2.59 bits per heavy atom. The Hall–Kier alpha value is -0.320. The molecule has 1 aromatic carbocycles. The molecule has 3 nitrogen and oxygen atoms in total. The summed E-state index contributed by atoms with van der Waals surface area (Å²) in [6.45, 7) is 5.48. The molecule has 0 radical (unpaired) electrons. The highest BCUT2D eigenvalue weighted by Gasteiger charge is 2.14. The minimum absolute atomic E-state index is 0.211. The van der Waals surface area contributed by atoms with E-state index in [-0.39, 0.29) is 6.04 Å². The van der Waals surface area contributed by atoms with E-state index < -0.39 is 0 Å². The van der Waals surface area contributed by atoms with E-state index in [1.807, 2.05) is 18.2 Å². The van der Waals surface area contributed by atoms with Gasteiger partial charge in [-0.3, -0.25) is 0 Å². The molecule has 2 rings (SSSR count). The Morgan fingerprint density at radius 1 is 1.24 bits per heavy atom. The van der Waals surface area contributed by atoms with Gasteiger partial charge in [0.25, 0.3) is 0 Å². The highest BCUT2D eigenvalue weighted by atomic mass is 35.5. The number of nitrogens with zero attached hydrogens (tertiary/aromatic N) is 1. The van der Waals surface area contributed by atoms with Gasteiger partial charge in [-0.25, -0.2) is 10.4 Å². The molecule has 1 aliphatic heterocycles. The summed E-state index contributed by atoms with van der Waals surface area (Å²) in [6.07, 6.45) is 0. The van der Waals surface area contributed by atoms with Crippen molar-refractivity contribution >= 4 is 23.2 Å². The normalized spacial score (nSPS) is 19.2. The predicted octanol–water partition coefficient (Wildman–Crippen LogP) is 2.89. The molecular weight excluding hydrogens is 259 g/mol. The number of nitrogens with one attached hydrogen (secondary N) is 1. The monoisotopic (exact) mass is 274 g/mol. The fourth-order valence-electron chi connectivity index (χ4n) is 1.82. The first-order chi connectivity index (χ1) is 8.16. The lowest BCUT2D eigenvalue weighted by Crippen LogP contribution is -2.46. The number of hydrogen-bond donors (Lipinski definition) is 1. The van der Waals surface area contributed by atoms with Crippen molar-refractivity contribution in [3.8, 4) is 0 Å². The third-order valence-electron chi connectivity index (χ3n) is 2.83. The largest absolute Gasteiger partial charge is 0.379 e. The summed E-state index contributed by atoms with van der Waals surface area (Å²) in [7, 11) is 0. The number of hydrogen-bond acceptors (Lipinski definition) is 3. The van der Waals surface area contributed by atoms with Gasteiger partial charge in [0.1, 0.15) is 0 Å². The van der Waals surface area contributed by atoms with Gasteiger partial charge in [0.15, 0.2) is 0 Å². The van der Waals surface area contributed by atoms with E-state index in [2.05, 4.69) is 17.4 Å². The number of benzene rings is 1. The van der Waals surface area contributed by atoms with E-state index in [0.29, 0.717) is 10.0 Å². The van der Waals surface area contributed by atoms with Crippen molar-refractivity contribution in [1.82, 2.24) is 10.4 Å². The third-order valence-corrected chi connectivity index (χ3v) is 3.57. The summed E-state index contributed by atoms with van der Waals surface area (Å²) in [4.78, 5) is 0. The van der Waals surface area contributed by atoms with E-state index in [9.17, 15) is 0 Å². The van der Waals surface area contributed by atoms with Crippen LogP contribution in [0.5, 0.6) is 0 Å². The summed E-state index contributed by atoms with van der Waals surface area (Å²) in [5.74, 6) is 0. The summed E-state index contributed by atoms with van der Waals surface area (Å²) in [5.41, 5.74) is 4.56. The van der Waals surface area contributed by atoms with Crippen LogP contribution in [0.25, 0.3) is 0 Å². The van der Waals surface area contributed by atoms with Crippen LogP contribution < -0.4 is 5.43 Å². The molecule has 1 fully saturated rings. The number of ether oxygens (including phenoxy) is 1. The predicted molar refractivity (Wildman–Crippen MR) is 70.4 cm³/mol. The molecule has 1 aromatic rings. The van der Waals surface area contributed by atoms with Crippen molar-refractivity contribution in [3.05, 3.63) is 33.8 Å². The average molecular weight is 275 g/mol. The van der Waals surface area contributed by atoms with Crippen molar-refractivity contribution in [1.29, 1.82) is 0 Å². The summed E-state index contributed by atoms with van der Waals surface area (Å²) in [6, 6.07) is 5.94. The lowest BCUT2D eigenvalue weighted by Gasteiger charge is -2.30. The van der Waals surface area contributed by atoms with Crippen molar-refractivity contribution in [2.45, 2.75) is 13.0 Å². The van der Waals surface area contributed by atoms with E-state index >= 15 is 0 Å². The topological polar surface area (TPSA) is 24.5 Å². The van der Waals surface area contributed by atoms with Crippen LogP contribution in [0.1, 0.15) is 18.5 Å². The molecule has 94 valence electrons. The van der Waals surface area contributed by atoms with Crippen LogP contribution in [0.15, 0.2) is 18.2 Å². The van der Waals surface area contributed by atoms with Crippen molar-refractivity contribution in [2.24, 2.45) is 0 Å². The molecule has 17 heavy (non-hydrogen) atoms. The smallest absolute Gasteiger partial charge is 0.0608 e. The Kier molecular flexibility index (Phi) is 4.65. The van der Waals surface area contributed by atoms with Crippen LogP contribution >= 0.6 is 23.2 Å². The molecule has 0 aromatic heterocycles. The van der Waals surface area contributed by atoms with Crippen molar-refractivity contribution in [3.63, 3.8) is 0 Å². The second-order valence-corrected chi connectivity index (χ2v) is 4.94. The molecular formula is C12H16Cl2N2O. The molecule has 1 heterocycles. The van der Waals surface area contributed by atoms with E-state index in [0.717, 1.165) is 31.9 Å². The highest BCUT2D eigenvalue weighted by molar-refractivity contribution is 6.42. The molecule has 1 saturated heterocycles. The van der Waals surface area contributed by atoms with Crippen LogP contribution in [0.2, 0.25) is 10.0 Å². The van der Waals surface area contributed by atoms with Crippen LogP contribution in [0.4, 0.5) is 0 Å². The minimum atomic E-state index is 0.211. The zero-order valence-electron chi connectivity index (χ0n) is 9.75. The Balaban J connectivity index is 1.98. The maximum Gasteiger partial charge on any atom is 0.0608 e. The standard InChI is InChI=1S/C12H16Cl2N2O/c1-9(15-16-4-6-17-7-5-16)10-2-3-11(13)12(14)8-10/h2-3,8-9,15H,4-7H2,1H3. The first kappa shape index (κ1) is 13.1. The van der Waals surface area contributed by atoms with Gasteiger partial charge in [0.05, 0.1) is 23.3 Å². The zero-order chi connectivity index (χ0) is 12.3. The SMILES string of the molecule is CC(NN1CCOCC1)c1ccc(Cl)c(Cl)c1. The second kappa shape index (κ2) is 6.03. The van der Waals surface area contributed by atoms with E-state index in [1.54, 1.807) is 0 Å². The minimum Gasteiger partial charge on any atom is -0.379 e. The van der Waals surface area contributed by atoms with Gasteiger partial charge in [-0.2, -0.15) is 0 Å². The second-order valence-electron chi connectivity index (χ2n) is 4.12. The van der Waals surface area contributed by atoms with Crippen LogP contribution in [0, 0.1) is 0 Å². The number of morpholine rings is 1. The molecule has 0 aliphatic carbocycles. The fourth-order valence-corrected chi connectivity index (χ4v) is 2.13. The van der Waals surface area contributed by atoms with Crippen molar-refractivity contribution in [2.75, 3.05) is 26.3 Å². The fraction of sp³-hybridized carbons (Fsp3) is 0.500. The number of hydrazine groups is 1. The lowest BCUT2D eigenvalue weighted by atomic mass is 10.1. The van der Waals surface area contributed by atoms with Gasteiger partial charge >= 0.3 is 0 Å². The Bertz CT molecular complexity index is 381. The maximum atomic E-state index is 6.01. The van der Waals surface area contributed by atoms with Crippen molar-refractivity contribution < 1.29 is 4.74 Å².